The van der Waals surface area contributed by atoms with Crippen LogP contribution in [0.2, 0.25) is 0 Å². The number of ketones is 1. The lowest BCUT2D eigenvalue weighted by atomic mass is 9.79. The molecule has 7 nitrogen and oxygen atoms in total. The van der Waals surface area contributed by atoms with Gasteiger partial charge in [-0.15, -0.1) is 0 Å². The molecule has 1 rings (SSSR count). The predicted molar refractivity (Wildman–Crippen MR) is 123 cm³/mol. The van der Waals surface area contributed by atoms with Gasteiger partial charge in [0.2, 0.25) is 11.8 Å². The number of carbonyl (C=O) groups is 3. The van der Waals surface area contributed by atoms with E-state index in [1.807, 2.05) is 55.4 Å². The maximum Gasteiger partial charge on any atom is 0.228 e. The Kier molecular flexibility index (Phi) is 9.86. The molecule has 0 aromatic heterocycles. The highest BCUT2D eigenvalue weighted by Gasteiger charge is 2.41. The smallest absolute Gasteiger partial charge is 0.228 e. The van der Waals surface area contributed by atoms with Gasteiger partial charge >= 0.3 is 0 Å². The number of rotatable bonds is 12. The van der Waals surface area contributed by atoms with E-state index < -0.39 is 5.41 Å². The SMILES string of the molecule is CC(CCNC(=O)CCN1C(=N)C(C(C)(C)C)CC1=O)OCCC(C)(C)C(=O)C(C)C. The highest BCUT2D eigenvalue weighted by Crippen LogP contribution is 2.35. The van der Waals surface area contributed by atoms with Crippen LogP contribution in [-0.2, 0) is 19.1 Å². The van der Waals surface area contributed by atoms with Crippen LogP contribution in [0.3, 0.4) is 0 Å². The molecule has 1 saturated heterocycles. The second-order valence-electron chi connectivity index (χ2n) is 10.8. The van der Waals surface area contributed by atoms with Crippen LogP contribution in [0.5, 0.6) is 0 Å². The van der Waals surface area contributed by atoms with E-state index in [1.165, 1.54) is 4.90 Å². The first kappa shape index (κ1) is 27.3. The first-order valence-corrected chi connectivity index (χ1v) is 11.5. The van der Waals surface area contributed by atoms with E-state index in [9.17, 15) is 14.4 Å². The molecule has 0 spiro atoms. The third-order valence-electron chi connectivity index (χ3n) is 6.10. The molecule has 2 amide bonds. The molecule has 7 heteroatoms. The molecule has 0 aromatic carbocycles. The van der Waals surface area contributed by atoms with Crippen molar-refractivity contribution in [1.82, 2.24) is 10.2 Å². The molecule has 31 heavy (non-hydrogen) atoms. The van der Waals surface area contributed by atoms with Crippen LogP contribution >= 0.6 is 0 Å². The lowest BCUT2D eigenvalue weighted by Crippen LogP contribution is -2.37. The zero-order chi connectivity index (χ0) is 24.0. The first-order chi connectivity index (χ1) is 14.2. The van der Waals surface area contributed by atoms with Gasteiger partial charge in [0.25, 0.3) is 0 Å². The van der Waals surface area contributed by atoms with Crippen LogP contribution < -0.4 is 5.32 Å². The maximum atomic E-state index is 12.2. The third-order valence-corrected chi connectivity index (χ3v) is 6.10. The fourth-order valence-electron chi connectivity index (χ4n) is 3.89. The van der Waals surface area contributed by atoms with Crippen molar-refractivity contribution >= 4 is 23.4 Å². The van der Waals surface area contributed by atoms with Crippen molar-refractivity contribution in [3.05, 3.63) is 0 Å². The van der Waals surface area contributed by atoms with Crippen LogP contribution in [0.1, 0.15) is 81.1 Å². The molecular weight excluding hydrogens is 394 g/mol. The van der Waals surface area contributed by atoms with Crippen molar-refractivity contribution in [3.8, 4) is 0 Å². The number of Topliss-reactive ketones (excluding diaryl/α,β-unsaturated/α-hetero) is 1. The van der Waals surface area contributed by atoms with Crippen molar-refractivity contribution < 1.29 is 19.1 Å². The van der Waals surface area contributed by atoms with E-state index in [2.05, 4.69) is 5.32 Å². The Morgan fingerprint density at radius 3 is 2.32 bits per heavy atom. The summed E-state index contributed by atoms with van der Waals surface area (Å²) in [6.45, 7) is 17.0. The van der Waals surface area contributed by atoms with Gasteiger partial charge in [-0.3, -0.25) is 19.8 Å². The number of likely N-dealkylation sites (tertiary alicyclic amines) is 1. The number of carbonyl (C=O) groups excluding carboxylic acids is 3. The van der Waals surface area contributed by atoms with Crippen LogP contribution in [0.4, 0.5) is 0 Å². The summed E-state index contributed by atoms with van der Waals surface area (Å²) in [7, 11) is 0. The fraction of sp³-hybridized carbons (Fsp3) is 0.833. The van der Waals surface area contributed by atoms with Gasteiger partial charge in [-0.25, -0.2) is 0 Å². The summed E-state index contributed by atoms with van der Waals surface area (Å²) in [6, 6.07) is 0. The van der Waals surface area contributed by atoms with Gasteiger partial charge in [-0.2, -0.15) is 0 Å². The molecule has 0 aromatic rings. The maximum absolute atomic E-state index is 12.2. The van der Waals surface area contributed by atoms with E-state index >= 15 is 0 Å². The van der Waals surface area contributed by atoms with Gasteiger partial charge in [0.05, 0.1) is 6.10 Å². The van der Waals surface area contributed by atoms with E-state index in [-0.39, 0.29) is 53.9 Å². The third kappa shape index (κ3) is 8.36. The minimum absolute atomic E-state index is 0.0153. The van der Waals surface area contributed by atoms with E-state index in [4.69, 9.17) is 10.1 Å². The van der Waals surface area contributed by atoms with Crippen molar-refractivity contribution in [2.45, 2.75) is 87.2 Å². The van der Waals surface area contributed by atoms with Crippen LogP contribution in [0, 0.1) is 28.1 Å². The summed E-state index contributed by atoms with van der Waals surface area (Å²) >= 11 is 0. The highest BCUT2D eigenvalue weighted by atomic mass is 16.5. The molecule has 0 bridgehead atoms. The largest absolute Gasteiger partial charge is 0.378 e. The summed E-state index contributed by atoms with van der Waals surface area (Å²) in [6.07, 6.45) is 1.86. The highest BCUT2D eigenvalue weighted by molar-refractivity contribution is 6.05. The molecule has 0 radical (unpaired) electrons. The van der Waals surface area contributed by atoms with Crippen molar-refractivity contribution in [2.24, 2.45) is 22.7 Å². The van der Waals surface area contributed by atoms with Gasteiger partial charge in [0.1, 0.15) is 11.6 Å². The average molecular weight is 438 g/mol. The second kappa shape index (κ2) is 11.2. The summed E-state index contributed by atoms with van der Waals surface area (Å²) < 4.78 is 5.82. The lowest BCUT2D eigenvalue weighted by molar-refractivity contribution is -0.131. The van der Waals surface area contributed by atoms with Crippen molar-refractivity contribution in [2.75, 3.05) is 19.7 Å². The Labute approximate surface area is 188 Å². The molecule has 2 unspecified atom stereocenters. The molecular formula is C24H43N3O4. The number of ether oxygens (including phenoxy) is 1. The van der Waals surface area contributed by atoms with Crippen LogP contribution in [-0.4, -0.2) is 54.1 Å². The Bertz CT molecular complexity index is 664. The van der Waals surface area contributed by atoms with E-state index in [1.54, 1.807) is 0 Å². The molecule has 2 atom stereocenters. The molecule has 178 valence electrons. The Morgan fingerprint density at radius 2 is 1.81 bits per heavy atom. The summed E-state index contributed by atoms with van der Waals surface area (Å²) in [5.41, 5.74) is -0.536. The number of nitrogens with one attached hydrogen (secondary N) is 2. The molecule has 1 heterocycles. The van der Waals surface area contributed by atoms with Crippen molar-refractivity contribution in [3.63, 3.8) is 0 Å². The summed E-state index contributed by atoms with van der Waals surface area (Å²) in [4.78, 5) is 38.0. The van der Waals surface area contributed by atoms with Gasteiger partial charge in [-0.05, 0) is 25.2 Å². The zero-order valence-corrected chi connectivity index (χ0v) is 20.8. The predicted octanol–water partition coefficient (Wildman–Crippen LogP) is 3.80. The van der Waals surface area contributed by atoms with E-state index in [0.29, 0.717) is 38.2 Å². The second-order valence-corrected chi connectivity index (χ2v) is 10.8. The van der Waals surface area contributed by atoms with Gasteiger partial charge < -0.3 is 15.0 Å². The average Bonchev–Trinajstić information content (AvgIpc) is 2.93. The molecule has 0 saturated carbocycles. The Balaban J connectivity index is 2.28. The minimum Gasteiger partial charge on any atom is -0.378 e. The van der Waals surface area contributed by atoms with Crippen LogP contribution in [0.15, 0.2) is 0 Å². The number of hydrogen-bond donors (Lipinski definition) is 2. The van der Waals surface area contributed by atoms with Gasteiger partial charge in [0, 0.05) is 49.8 Å². The Hall–Kier alpha value is -1.76. The topological polar surface area (TPSA) is 99.6 Å². The van der Waals surface area contributed by atoms with Gasteiger partial charge in [0.15, 0.2) is 0 Å². The molecule has 0 aliphatic carbocycles. The van der Waals surface area contributed by atoms with E-state index in [0.717, 1.165) is 0 Å². The van der Waals surface area contributed by atoms with Gasteiger partial charge in [-0.1, -0.05) is 48.5 Å². The first-order valence-electron chi connectivity index (χ1n) is 11.5. The Morgan fingerprint density at radius 1 is 1.19 bits per heavy atom. The zero-order valence-electron chi connectivity index (χ0n) is 20.8. The summed E-state index contributed by atoms with van der Waals surface area (Å²) in [5, 5.41) is 11.1. The lowest BCUT2D eigenvalue weighted by Gasteiger charge is -2.27. The monoisotopic (exact) mass is 437 g/mol. The van der Waals surface area contributed by atoms with Crippen LogP contribution in [0.25, 0.3) is 0 Å². The number of hydrogen-bond acceptors (Lipinski definition) is 5. The number of nitrogens with zero attached hydrogens (tertiary/aromatic N) is 1. The number of amidine groups is 1. The van der Waals surface area contributed by atoms with Crippen molar-refractivity contribution in [1.29, 1.82) is 5.41 Å². The standard InChI is InChI=1S/C24H43N3O4/c1-16(2)21(30)24(7,8)11-14-31-17(3)9-12-26-19(28)10-13-27-20(29)15-18(22(27)25)23(4,5)6/h16-18,25H,9-15H2,1-8H3,(H,26,28). The molecule has 1 fully saturated rings. The molecule has 1 aliphatic rings. The molecule has 2 N–H and O–H groups in total. The fourth-order valence-corrected chi connectivity index (χ4v) is 3.89. The number of amides is 2. The summed E-state index contributed by atoms with van der Waals surface area (Å²) in [5.74, 6) is 0.290. The molecule has 1 aliphatic heterocycles. The minimum atomic E-state index is -0.394. The quantitative estimate of drug-likeness (QED) is 0.485. The normalized spacial score (nSPS) is 18.6.